The number of nitrogens with zero attached hydrogens (tertiary/aromatic N) is 2. The Balaban J connectivity index is 2.78. The third-order valence-electron chi connectivity index (χ3n) is 2.66. The maximum absolute atomic E-state index is 12.3. The van der Waals surface area contributed by atoms with Crippen molar-refractivity contribution < 1.29 is 13.2 Å². The Labute approximate surface area is 115 Å². The largest absolute Gasteiger partial charge is 0.405 e. The lowest BCUT2D eigenvalue weighted by Crippen LogP contribution is -2.30. The zero-order valence-corrected chi connectivity index (χ0v) is 12.5. The highest BCUT2D eigenvalue weighted by atomic mass is 32.1. The molecular formula is C12H20F3N3S. The van der Waals surface area contributed by atoms with E-state index in [-0.39, 0.29) is 6.04 Å². The Hall–Kier alpha value is -0.820. The molecule has 0 radical (unpaired) electrons. The third-order valence-corrected chi connectivity index (χ3v) is 4.11. The molecule has 19 heavy (non-hydrogen) atoms. The van der Waals surface area contributed by atoms with E-state index < -0.39 is 12.7 Å². The summed E-state index contributed by atoms with van der Waals surface area (Å²) in [5.41, 5.74) is 0.796. The lowest BCUT2D eigenvalue weighted by atomic mass is 10.2. The van der Waals surface area contributed by atoms with Gasteiger partial charge in [-0.1, -0.05) is 6.92 Å². The van der Waals surface area contributed by atoms with Crippen LogP contribution in [0.1, 0.15) is 36.9 Å². The summed E-state index contributed by atoms with van der Waals surface area (Å²) >= 11 is 1.32. The fraction of sp³-hybridized carbons (Fsp3) is 0.750. The SMILES string of the molecule is CCCNC(C)c1sc(N(C)CC(F)(F)F)nc1C. The molecule has 0 aliphatic heterocycles. The molecule has 0 aliphatic rings. The van der Waals surface area contributed by atoms with Crippen LogP contribution < -0.4 is 10.2 Å². The van der Waals surface area contributed by atoms with Gasteiger partial charge in [-0.05, 0) is 26.8 Å². The average molecular weight is 295 g/mol. The van der Waals surface area contributed by atoms with Crippen LogP contribution in [0.2, 0.25) is 0 Å². The molecule has 3 nitrogen and oxygen atoms in total. The molecular weight excluding hydrogens is 275 g/mol. The van der Waals surface area contributed by atoms with Crippen molar-refractivity contribution in [2.24, 2.45) is 0 Å². The van der Waals surface area contributed by atoms with Crippen LogP contribution in [-0.2, 0) is 0 Å². The van der Waals surface area contributed by atoms with Crippen molar-refractivity contribution in [3.63, 3.8) is 0 Å². The fourth-order valence-corrected chi connectivity index (χ4v) is 2.80. The van der Waals surface area contributed by atoms with Gasteiger partial charge in [-0.2, -0.15) is 13.2 Å². The summed E-state index contributed by atoms with van der Waals surface area (Å²) in [7, 11) is 1.42. The first-order chi connectivity index (χ1) is 8.74. The van der Waals surface area contributed by atoms with Gasteiger partial charge < -0.3 is 10.2 Å². The number of hydrogen-bond acceptors (Lipinski definition) is 4. The van der Waals surface area contributed by atoms with Crippen molar-refractivity contribution in [2.45, 2.75) is 39.4 Å². The molecule has 1 heterocycles. The Bertz CT molecular complexity index is 403. The predicted octanol–water partition coefficient (Wildman–Crippen LogP) is 3.51. The maximum atomic E-state index is 12.3. The Kier molecular flexibility index (Phi) is 5.61. The second kappa shape index (κ2) is 6.56. The minimum Gasteiger partial charge on any atom is -0.342 e. The van der Waals surface area contributed by atoms with Crippen LogP contribution in [0.25, 0.3) is 0 Å². The summed E-state index contributed by atoms with van der Waals surface area (Å²) in [6.07, 6.45) is -3.19. The molecule has 0 spiro atoms. The minimum absolute atomic E-state index is 0.116. The highest BCUT2D eigenvalue weighted by molar-refractivity contribution is 7.15. The minimum atomic E-state index is -4.21. The quantitative estimate of drug-likeness (QED) is 0.870. The van der Waals surface area contributed by atoms with E-state index >= 15 is 0 Å². The monoisotopic (exact) mass is 295 g/mol. The summed E-state index contributed by atoms with van der Waals surface area (Å²) in [6, 6.07) is 0.116. The van der Waals surface area contributed by atoms with Gasteiger partial charge >= 0.3 is 6.18 Å². The molecule has 1 atom stereocenters. The fourth-order valence-electron chi connectivity index (χ4n) is 1.75. The standard InChI is InChI=1S/C12H20F3N3S/c1-5-6-16-8(2)10-9(3)17-11(19-10)18(4)7-12(13,14)15/h8,16H,5-7H2,1-4H3. The molecule has 7 heteroatoms. The van der Waals surface area contributed by atoms with Gasteiger partial charge in [0.15, 0.2) is 5.13 Å². The number of hydrogen-bond donors (Lipinski definition) is 1. The average Bonchev–Trinajstić information content (AvgIpc) is 2.66. The van der Waals surface area contributed by atoms with Crippen LogP contribution in [0.5, 0.6) is 0 Å². The van der Waals surface area contributed by atoms with E-state index in [1.54, 1.807) is 0 Å². The van der Waals surface area contributed by atoms with E-state index in [0.717, 1.165) is 28.4 Å². The molecule has 1 aromatic heterocycles. The summed E-state index contributed by atoms with van der Waals surface area (Å²) in [6.45, 7) is 5.81. The summed E-state index contributed by atoms with van der Waals surface area (Å²) in [5, 5.41) is 3.73. The number of halogens is 3. The molecule has 0 aromatic carbocycles. The molecule has 1 aromatic rings. The summed E-state index contributed by atoms with van der Waals surface area (Å²) < 4.78 is 37.0. The van der Waals surface area contributed by atoms with E-state index in [1.807, 2.05) is 13.8 Å². The molecule has 0 aliphatic carbocycles. The lowest BCUT2D eigenvalue weighted by Gasteiger charge is -2.17. The van der Waals surface area contributed by atoms with Gasteiger partial charge in [0.25, 0.3) is 0 Å². The molecule has 0 saturated heterocycles. The van der Waals surface area contributed by atoms with Crippen LogP contribution in [0, 0.1) is 6.92 Å². The Morgan fingerprint density at radius 1 is 1.42 bits per heavy atom. The van der Waals surface area contributed by atoms with Crippen LogP contribution in [0.4, 0.5) is 18.3 Å². The van der Waals surface area contributed by atoms with Gasteiger partial charge in [0, 0.05) is 18.0 Å². The number of alkyl halides is 3. The summed E-state index contributed by atoms with van der Waals surface area (Å²) in [5.74, 6) is 0. The van der Waals surface area contributed by atoms with E-state index in [1.165, 1.54) is 18.4 Å². The van der Waals surface area contributed by atoms with Gasteiger partial charge in [0.1, 0.15) is 6.54 Å². The van der Waals surface area contributed by atoms with E-state index in [4.69, 9.17) is 0 Å². The highest BCUT2D eigenvalue weighted by Crippen LogP contribution is 2.31. The Morgan fingerprint density at radius 2 is 2.05 bits per heavy atom. The van der Waals surface area contributed by atoms with Crippen LogP contribution in [0.3, 0.4) is 0 Å². The molecule has 1 N–H and O–H groups in total. The van der Waals surface area contributed by atoms with E-state index in [2.05, 4.69) is 17.2 Å². The van der Waals surface area contributed by atoms with Gasteiger partial charge in [-0.25, -0.2) is 4.98 Å². The van der Waals surface area contributed by atoms with Crippen molar-refractivity contribution >= 4 is 16.5 Å². The Morgan fingerprint density at radius 3 is 2.58 bits per heavy atom. The second-order valence-corrected chi connectivity index (χ2v) is 5.60. The van der Waals surface area contributed by atoms with Crippen molar-refractivity contribution in [3.8, 4) is 0 Å². The molecule has 0 amide bonds. The topological polar surface area (TPSA) is 28.2 Å². The van der Waals surface area contributed by atoms with Crippen LogP contribution >= 0.6 is 11.3 Å². The lowest BCUT2D eigenvalue weighted by molar-refractivity contribution is -0.119. The van der Waals surface area contributed by atoms with Crippen LogP contribution in [0.15, 0.2) is 0 Å². The van der Waals surface area contributed by atoms with Gasteiger partial charge in [0.05, 0.1) is 5.69 Å². The molecule has 0 bridgehead atoms. The first-order valence-corrected chi connectivity index (χ1v) is 7.04. The van der Waals surface area contributed by atoms with Gasteiger partial charge in [0.2, 0.25) is 0 Å². The third kappa shape index (κ3) is 4.99. The van der Waals surface area contributed by atoms with Crippen molar-refractivity contribution in [1.82, 2.24) is 10.3 Å². The van der Waals surface area contributed by atoms with Crippen molar-refractivity contribution in [2.75, 3.05) is 25.0 Å². The molecule has 0 saturated carbocycles. The van der Waals surface area contributed by atoms with Gasteiger partial charge in [-0.15, -0.1) is 11.3 Å². The normalized spacial score (nSPS) is 13.6. The molecule has 0 fully saturated rings. The van der Waals surface area contributed by atoms with E-state index in [0.29, 0.717) is 5.13 Å². The number of anilines is 1. The number of thiazole rings is 1. The predicted molar refractivity (Wildman–Crippen MR) is 72.9 cm³/mol. The van der Waals surface area contributed by atoms with E-state index in [9.17, 15) is 13.2 Å². The number of rotatable bonds is 6. The molecule has 1 rings (SSSR count). The number of aryl methyl sites for hydroxylation is 1. The highest BCUT2D eigenvalue weighted by Gasteiger charge is 2.30. The summed E-state index contributed by atoms with van der Waals surface area (Å²) in [4.78, 5) is 6.37. The van der Waals surface area contributed by atoms with Crippen molar-refractivity contribution in [1.29, 1.82) is 0 Å². The van der Waals surface area contributed by atoms with Crippen LogP contribution in [-0.4, -0.2) is 31.3 Å². The van der Waals surface area contributed by atoms with Crippen molar-refractivity contribution in [3.05, 3.63) is 10.6 Å². The first kappa shape index (κ1) is 16.2. The van der Waals surface area contributed by atoms with Gasteiger partial charge in [-0.3, -0.25) is 0 Å². The maximum Gasteiger partial charge on any atom is 0.405 e. The second-order valence-electron chi connectivity index (χ2n) is 4.59. The zero-order valence-electron chi connectivity index (χ0n) is 11.6. The molecule has 110 valence electrons. The number of aromatic nitrogens is 1. The first-order valence-electron chi connectivity index (χ1n) is 6.23. The molecule has 1 unspecified atom stereocenters. The smallest absolute Gasteiger partial charge is 0.342 e. The number of nitrogens with one attached hydrogen (secondary N) is 1. The zero-order chi connectivity index (χ0) is 14.6.